The highest BCUT2D eigenvalue weighted by Gasteiger charge is 1.97. The van der Waals surface area contributed by atoms with E-state index in [1.54, 1.807) is 6.20 Å². The Bertz CT molecular complexity index is 271. The molecule has 1 rings (SSSR count). The van der Waals surface area contributed by atoms with E-state index in [2.05, 4.69) is 24.1 Å². The third kappa shape index (κ3) is 4.83. The molecule has 15 heavy (non-hydrogen) atoms. The predicted molar refractivity (Wildman–Crippen MR) is 62.0 cm³/mol. The maximum atomic E-state index is 5.45. The van der Waals surface area contributed by atoms with Gasteiger partial charge in [0, 0.05) is 32.6 Å². The largest absolute Gasteiger partial charge is 0.379 e. The van der Waals surface area contributed by atoms with Crippen molar-refractivity contribution in [3.8, 4) is 0 Å². The molecule has 4 heteroatoms. The molecule has 1 N–H and O–H groups in total. The fourth-order valence-electron chi connectivity index (χ4n) is 1.28. The minimum absolute atomic E-state index is 0.340. The Morgan fingerprint density at radius 2 is 2.27 bits per heavy atom. The average molecular weight is 211 g/mol. The second kappa shape index (κ2) is 6.45. The van der Waals surface area contributed by atoms with Crippen LogP contribution in [0.3, 0.4) is 0 Å². The Morgan fingerprint density at radius 3 is 2.87 bits per heavy atom. The lowest BCUT2D eigenvalue weighted by atomic mass is 10.3. The zero-order chi connectivity index (χ0) is 11.1. The van der Waals surface area contributed by atoms with E-state index in [1.807, 2.05) is 17.8 Å². The van der Waals surface area contributed by atoms with E-state index < -0.39 is 0 Å². The van der Waals surface area contributed by atoms with Gasteiger partial charge in [-0.1, -0.05) is 0 Å². The molecule has 4 nitrogen and oxygen atoms in total. The number of rotatable bonds is 7. The molecule has 86 valence electrons. The first-order valence-corrected chi connectivity index (χ1v) is 5.53. The number of unbranched alkanes of at least 4 members (excludes halogenated alkanes) is 1. The summed E-state index contributed by atoms with van der Waals surface area (Å²) < 4.78 is 7.43. The predicted octanol–water partition coefficient (Wildman–Crippen LogP) is 2.04. The Morgan fingerprint density at radius 1 is 1.47 bits per heavy atom. The number of hydrogen-bond donors (Lipinski definition) is 1. The zero-order valence-electron chi connectivity index (χ0n) is 9.86. The standard InChI is InChI=1S/C11H21N3O/c1-10(2)15-9-5-4-6-12-11-13-7-8-14(11)3/h7-8,10H,4-6,9H2,1-3H3,(H,12,13). The molecular formula is C11H21N3O. The number of nitrogens with one attached hydrogen (secondary N) is 1. The summed E-state index contributed by atoms with van der Waals surface area (Å²) in [6, 6.07) is 0. The van der Waals surface area contributed by atoms with Gasteiger partial charge in [-0.25, -0.2) is 4.98 Å². The number of aromatic nitrogens is 2. The monoisotopic (exact) mass is 211 g/mol. The molecule has 0 bridgehead atoms. The van der Waals surface area contributed by atoms with Gasteiger partial charge in [0.25, 0.3) is 0 Å². The van der Waals surface area contributed by atoms with Crippen LogP contribution in [0.5, 0.6) is 0 Å². The van der Waals surface area contributed by atoms with Gasteiger partial charge in [0.15, 0.2) is 0 Å². The number of ether oxygens (including phenoxy) is 1. The highest BCUT2D eigenvalue weighted by atomic mass is 16.5. The second-order valence-corrected chi connectivity index (χ2v) is 3.92. The third-order valence-electron chi connectivity index (χ3n) is 2.13. The van der Waals surface area contributed by atoms with Crippen molar-refractivity contribution in [1.29, 1.82) is 0 Å². The highest BCUT2D eigenvalue weighted by Crippen LogP contribution is 2.01. The van der Waals surface area contributed by atoms with Gasteiger partial charge in [0.05, 0.1) is 6.10 Å². The van der Waals surface area contributed by atoms with Crippen LogP contribution < -0.4 is 5.32 Å². The van der Waals surface area contributed by atoms with Gasteiger partial charge in [-0.2, -0.15) is 0 Å². The average Bonchev–Trinajstić information content (AvgIpc) is 2.57. The number of hydrogen-bond acceptors (Lipinski definition) is 3. The van der Waals surface area contributed by atoms with Gasteiger partial charge < -0.3 is 14.6 Å². The molecule has 0 aliphatic rings. The van der Waals surface area contributed by atoms with Crippen molar-refractivity contribution in [2.24, 2.45) is 7.05 Å². The maximum absolute atomic E-state index is 5.45. The number of aryl methyl sites for hydroxylation is 1. The summed E-state index contributed by atoms with van der Waals surface area (Å²) in [6.45, 7) is 5.92. The van der Waals surface area contributed by atoms with Crippen LogP contribution in [0.1, 0.15) is 26.7 Å². The topological polar surface area (TPSA) is 39.1 Å². The van der Waals surface area contributed by atoms with Crippen molar-refractivity contribution >= 4 is 5.95 Å². The first kappa shape index (κ1) is 12.0. The molecule has 0 saturated heterocycles. The normalized spacial score (nSPS) is 10.9. The van der Waals surface area contributed by atoms with Crippen molar-refractivity contribution in [3.63, 3.8) is 0 Å². The first-order valence-electron chi connectivity index (χ1n) is 5.53. The molecule has 0 amide bonds. The van der Waals surface area contributed by atoms with Crippen LogP contribution in [0.2, 0.25) is 0 Å². The summed E-state index contributed by atoms with van der Waals surface area (Å²) in [5, 5.41) is 3.28. The van der Waals surface area contributed by atoms with Gasteiger partial charge in [0.2, 0.25) is 5.95 Å². The van der Waals surface area contributed by atoms with Crippen molar-refractivity contribution in [1.82, 2.24) is 9.55 Å². The fourth-order valence-corrected chi connectivity index (χ4v) is 1.28. The van der Waals surface area contributed by atoms with Crippen LogP contribution in [0, 0.1) is 0 Å². The summed E-state index contributed by atoms with van der Waals surface area (Å²) in [4.78, 5) is 4.18. The molecule has 0 unspecified atom stereocenters. The summed E-state index contributed by atoms with van der Waals surface area (Å²) in [5.74, 6) is 0.930. The molecule has 0 radical (unpaired) electrons. The molecule has 0 spiro atoms. The summed E-state index contributed by atoms with van der Waals surface area (Å²) in [6.07, 6.45) is 6.27. The zero-order valence-corrected chi connectivity index (χ0v) is 9.86. The van der Waals surface area contributed by atoms with E-state index in [0.717, 1.165) is 31.9 Å². The summed E-state index contributed by atoms with van der Waals surface area (Å²) in [7, 11) is 1.98. The second-order valence-electron chi connectivity index (χ2n) is 3.92. The maximum Gasteiger partial charge on any atom is 0.202 e. The van der Waals surface area contributed by atoms with Gasteiger partial charge in [0.1, 0.15) is 0 Å². The molecule has 0 aliphatic heterocycles. The Labute approximate surface area is 91.7 Å². The van der Waals surface area contributed by atoms with Gasteiger partial charge in [-0.3, -0.25) is 0 Å². The van der Waals surface area contributed by atoms with Crippen LogP contribution in [-0.2, 0) is 11.8 Å². The molecule has 1 heterocycles. The minimum atomic E-state index is 0.340. The molecular weight excluding hydrogens is 190 g/mol. The number of nitrogens with zero attached hydrogens (tertiary/aromatic N) is 2. The first-order chi connectivity index (χ1) is 7.20. The molecule has 0 atom stereocenters. The number of imidazole rings is 1. The van der Waals surface area contributed by atoms with Gasteiger partial charge in [-0.15, -0.1) is 0 Å². The lowest BCUT2D eigenvalue weighted by Crippen LogP contribution is -2.09. The molecule has 0 saturated carbocycles. The molecule has 1 aromatic rings. The van der Waals surface area contributed by atoms with E-state index >= 15 is 0 Å². The Hall–Kier alpha value is -1.03. The smallest absolute Gasteiger partial charge is 0.202 e. The van der Waals surface area contributed by atoms with E-state index in [0.29, 0.717) is 6.10 Å². The van der Waals surface area contributed by atoms with Crippen molar-refractivity contribution in [2.75, 3.05) is 18.5 Å². The lowest BCUT2D eigenvalue weighted by molar-refractivity contribution is 0.0765. The molecule has 0 fully saturated rings. The van der Waals surface area contributed by atoms with Crippen LogP contribution in [0.15, 0.2) is 12.4 Å². The van der Waals surface area contributed by atoms with E-state index in [1.165, 1.54) is 0 Å². The van der Waals surface area contributed by atoms with E-state index in [9.17, 15) is 0 Å². The summed E-state index contributed by atoms with van der Waals surface area (Å²) in [5.41, 5.74) is 0. The molecule has 1 aromatic heterocycles. The fraction of sp³-hybridized carbons (Fsp3) is 0.727. The van der Waals surface area contributed by atoms with Crippen LogP contribution >= 0.6 is 0 Å². The van der Waals surface area contributed by atoms with Gasteiger partial charge >= 0.3 is 0 Å². The quantitative estimate of drug-likeness (QED) is 0.701. The van der Waals surface area contributed by atoms with Crippen LogP contribution in [0.4, 0.5) is 5.95 Å². The summed E-state index contributed by atoms with van der Waals surface area (Å²) >= 11 is 0. The molecule has 0 aromatic carbocycles. The van der Waals surface area contributed by atoms with Crippen molar-refractivity contribution < 1.29 is 4.74 Å². The minimum Gasteiger partial charge on any atom is -0.379 e. The Kier molecular flexibility index (Phi) is 5.18. The lowest BCUT2D eigenvalue weighted by Gasteiger charge is -2.08. The SMILES string of the molecule is CC(C)OCCCCNc1nccn1C. The van der Waals surface area contributed by atoms with Crippen LogP contribution in [0.25, 0.3) is 0 Å². The van der Waals surface area contributed by atoms with Gasteiger partial charge in [-0.05, 0) is 26.7 Å². The highest BCUT2D eigenvalue weighted by molar-refractivity contribution is 5.24. The molecule has 0 aliphatic carbocycles. The van der Waals surface area contributed by atoms with E-state index in [-0.39, 0.29) is 0 Å². The van der Waals surface area contributed by atoms with E-state index in [4.69, 9.17) is 4.74 Å². The van der Waals surface area contributed by atoms with Crippen molar-refractivity contribution in [2.45, 2.75) is 32.8 Å². The van der Waals surface area contributed by atoms with Crippen LogP contribution in [-0.4, -0.2) is 28.8 Å². The number of anilines is 1. The van der Waals surface area contributed by atoms with Crippen molar-refractivity contribution in [3.05, 3.63) is 12.4 Å². The Balaban J connectivity index is 2.00. The third-order valence-corrected chi connectivity index (χ3v) is 2.13.